The van der Waals surface area contributed by atoms with Crippen molar-refractivity contribution < 1.29 is 13.2 Å². The molecule has 1 saturated heterocycles. The maximum Gasteiger partial charge on any atom is 0.266 e. The lowest BCUT2D eigenvalue weighted by Gasteiger charge is -2.42. The van der Waals surface area contributed by atoms with Gasteiger partial charge < -0.3 is 4.90 Å². The van der Waals surface area contributed by atoms with Gasteiger partial charge >= 0.3 is 0 Å². The quantitative estimate of drug-likeness (QED) is 0.385. The summed E-state index contributed by atoms with van der Waals surface area (Å²) >= 11 is 0. The lowest BCUT2D eigenvalue weighted by Crippen LogP contribution is -2.49. The molecule has 0 radical (unpaired) electrons. The molecule has 1 amide bonds. The Morgan fingerprint density at radius 3 is 2.35 bits per heavy atom. The lowest BCUT2D eigenvalue weighted by atomic mass is 9.90. The highest BCUT2D eigenvalue weighted by Crippen LogP contribution is 2.31. The predicted octanol–water partition coefficient (Wildman–Crippen LogP) is 2.04. The summed E-state index contributed by atoms with van der Waals surface area (Å²) in [6.45, 7) is 1.77. The second-order valence-corrected chi connectivity index (χ2v) is 10.4. The fraction of sp³-hybridized carbons (Fsp3) is 0.455. The monoisotopic (exact) mass is 443 g/mol. The van der Waals surface area contributed by atoms with Crippen LogP contribution in [0.25, 0.3) is 0 Å². The summed E-state index contributed by atoms with van der Waals surface area (Å²) in [5, 5.41) is -0.411. The van der Waals surface area contributed by atoms with Crippen LogP contribution in [0.4, 0.5) is 5.69 Å². The summed E-state index contributed by atoms with van der Waals surface area (Å²) in [7, 11) is -3.58. The number of nitrogen functional groups attached to an aromatic ring is 1. The van der Waals surface area contributed by atoms with E-state index in [1.807, 2.05) is 18.2 Å². The van der Waals surface area contributed by atoms with Crippen LogP contribution in [0.2, 0.25) is 0 Å². The molecule has 0 unspecified atom stereocenters. The molecule has 8 nitrogen and oxygen atoms in total. The van der Waals surface area contributed by atoms with Crippen molar-refractivity contribution >= 4 is 21.6 Å². The number of pyridine rings is 1. The zero-order chi connectivity index (χ0) is 21.8. The first-order valence-corrected chi connectivity index (χ1v) is 12.3. The Bertz CT molecular complexity index is 986. The van der Waals surface area contributed by atoms with E-state index in [1.54, 1.807) is 24.3 Å². The third-order valence-corrected chi connectivity index (χ3v) is 8.63. The highest BCUT2D eigenvalue weighted by atomic mass is 32.2. The standard InChI is InChI=1S/C22H29N5O3S/c23-25-22(28)17-9-10-18(24-15-17)16-27(20-5-2-1-3-6-20)31(29,30)21-11-13-26(14-12-21)19-7-4-8-19/h1-3,5-6,9-10,15,19,21H,4,7-8,11-14,16,23H2,(H,25,28). The van der Waals surface area contributed by atoms with Gasteiger partial charge in [0.05, 0.1) is 28.7 Å². The molecule has 0 bridgehead atoms. The number of likely N-dealkylation sites (tertiary alicyclic amines) is 1. The van der Waals surface area contributed by atoms with Gasteiger partial charge in [-0.25, -0.2) is 14.3 Å². The van der Waals surface area contributed by atoms with E-state index in [-0.39, 0.29) is 6.54 Å². The number of benzene rings is 1. The number of piperidine rings is 1. The summed E-state index contributed by atoms with van der Waals surface area (Å²) in [6, 6.07) is 13.0. The second kappa shape index (κ2) is 9.33. The Morgan fingerprint density at radius 1 is 1.10 bits per heavy atom. The number of hydrazine groups is 1. The van der Waals surface area contributed by atoms with Crippen LogP contribution >= 0.6 is 0 Å². The smallest absolute Gasteiger partial charge is 0.266 e. The van der Waals surface area contributed by atoms with Gasteiger partial charge in [-0.2, -0.15) is 0 Å². The Balaban J connectivity index is 1.54. The summed E-state index contributed by atoms with van der Waals surface area (Å²) in [4.78, 5) is 18.4. The van der Waals surface area contributed by atoms with Crippen LogP contribution in [0.3, 0.4) is 0 Å². The van der Waals surface area contributed by atoms with Crippen LogP contribution in [0.1, 0.15) is 48.2 Å². The van der Waals surface area contributed by atoms with E-state index in [0.29, 0.717) is 35.8 Å². The number of rotatable bonds is 7. The van der Waals surface area contributed by atoms with Gasteiger partial charge in [0.15, 0.2) is 0 Å². The molecule has 166 valence electrons. The first-order chi connectivity index (χ1) is 15.0. The fourth-order valence-corrected chi connectivity index (χ4v) is 6.17. The summed E-state index contributed by atoms with van der Waals surface area (Å²) < 4.78 is 28.8. The Kier molecular flexibility index (Phi) is 6.54. The molecular formula is C22H29N5O3S. The first-order valence-electron chi connectivity index (χ1n) is 10.8. The highest BCUT2D eigenvalue weighted by Gasteiger charge is 2.37. The Hall–Kier alpha value is -2.49. The van der Waals surface area contributed by atoms with Crippen molar-refractivity contribution in [2.75, 3.05) is 17.4 Å². The van der Waals surface area contributed by atoms with Crippen molar-refractivity contribution in [3.63, 3.8) is 0 Å². The van der Waals surface area contributed by atoms with Gasteiger partial charge in [-0.05, 0) is 63.0 Å². The molecule has 2 fully saturated rings. The molecule has 1 saturated carbocycles. The molecule has 9 heteroatoms. The van der Waals surface area contributed by atoms with Crippen molar-refractivity contribution in [1.82, 2.24) is 15.3 Å². The maximum atomic E-state index is 13.7. The zero-order valence-corrected chi connectivity index (χ0v) is 18.3. The molecular weight excluding hydrogens is 414 g/mol. The minimum Gasteiger partial charge on any atom is -0.300 e. The van der Waals surface area contributed by atoms with E-state index in [2.05, 4.69) is 15.3 Å². The van der Waals surface area contributed by atoms with Crippen LogP contribution in [0.15, 0.2) is 48.7 Å². The topological polar surface area (TPSA) is 109 Å². The van der Waals surface area contributed by atoms with Crippen LogP contribution < -0.4 is 15.6 Å². The van der Waals surface area contributed by atoms with Gasteiger partial charge in [-0.3, -0.25) is 19.5 Å². The average molecular weight is 444 g/mol. The number of nitrogens with zero attached hydrogens (tertiary/aromatic N) is 3. The Labute approximate surface area is 183 Å². The van der Waals surface area contributed by atoms with Gasteiger partial charge in [0, 0.05) is 12.2 Å². The molecule has 1 aliphatic carbocycles. The minimum atomic E-state index is -3.58. The molecule has 3 N–H and O–H groups in total. The Morgan fingerprint density at radius 2 is 1.81 bits per heavy atom. The zero-order valence-electron chi connectivity index (χ0n) is 17.5. The number of para-hydroxylation sites is 1. The molecule has 2 aliphatic rings. The lowest BCUT2D eigenvalue weighted by molar-refractivity contribution is 0.0953. The van der Waals surface area contributed by atoms with Crippen molar-refractivity contribution in [3.05, 3.63) is 59.9 Å². The van der Waals surface area contributed by atoms with E-state index >= 15 is 0 Å². The van der Waals surface area contributed by atoms with Crippen LogP contribution in [-0.2, 0) is 16.6 Å². The molecule has 31 heavy (non-hydrogen) atoms. The third kappa shape index (κ3) is 4.73. The predicted molar refractivity (Wildman–Crippen MR) is 120 cm³/mol. The van der Waals surface area contributed by atoms with E-state index in [4.69, 9.17) is 5.84 Å². The summed E-state index contributed by atoms with van der Waals surface area (Å²) in [5.74, 6) is 4.72. The van der Waals surface area contributed by atoms with Crippen molar-refractivity contribution in [3.8, 4) is 0 Å². The molecule has 1 aromatic carbocycles. The normalized spacial score (nSPS) is 18.4. The van der Waals surface area contributed by atoms with Gasteiger partial charge in [0.25, 0.3) is 5.91 Å². The van der Waals surface area contributed by atoms with E-state index in [0.717, 1.165) is 13.1 Å². The van der Waals surface area contributed by atoms with Crippen LogP contribution in [0.5, 0.6) is 0 Å². The molecule has 2 heterocycles. The van der Waals surface area contributed by atoms with Gasteiger partial charge in [-0.15, -0.1) is 0 Å². The van der Waals surface area contributed by atoms with Crippen molar-refractivity contribution in [1.29, 1.82) is 0 Å². The van der Waals surface area contributed by atoms with Crippen LogP contribution in [-0.4, -0.2) is 48.6 Å². The number of aromatic nitrogens is 1. The molecule has 2 aromatic rings. The van der Waals surface area contributed by atoms with Gasteiger partial charge in [-0.1, -0.05) is 24.6 Å². The minimum absolute atomic E-state index is 0.111. The number of carbonyl (C=O) groups is 1. The van der Waals surface area contributed by atoms with E-state index in [9.17, 15) is 13.2 Å². The fourth-order valence-electron chi connectivity index (χ4n) is 4.28. The molecule has 0 spiro atoms. The molecule has 1 aliphatic heterocycles. The maximum absolute atomic E-state index is 13.7. The number of hydrogen-bond donors (Lipinski definition) is 2. The number of nitrogens with two attached hydrogens (primary N) is 1. The number of anilines is 1. The second-order valence-electron chi connectivity index (χ2n) is 8.22. The number of carbonyl (C=O) groups excluding carboxylic acids is 1. The van der Waals surface area contributed by atoms with Crippen molar-refractivity contribution in [2.24, 2.45) is 5.84 Å². The molecule has 0 atom stereocenters. The first kappa shape index (κ1) is 21.7. The van der Waals surface area contributed by atoms with E-state index < -0.39 is 21.2 Å². The summed E-state index contributed by atoms with van der Waals surface area (Å²) in [6.07, 6.45) is 6.44. The van der Waals surface area contributed by atoms with E-state index in [1.165, 1.54) is 29.8 Å². The third-order valence-electron chi connectivity index (χ3n) is 6.36. The SMILES string of the molecule is NNC(=O)c1ccc(CN(c2ccccc2)S(=O)(=O)C2CCN(C3CCC3)CC2)nc1. The van der Waals surface area contributed by atoms with Crippen molar-refractivity contribution in [2.45, 2.75) is 49.9 Å². The average Bonchev–Trinajstić information content (AvgIpc) is 2.77. The highest BCUT2D eigenvalue weighted by molar-refractivity contribution is 7.93. The largest absolute Gasteiger partial charge is 0.300 e. The summed E-state index contributed by atoms with van der Waals surface area (Å²) in [5.41, 5.74) is 3.57. The van der Waals surface area contributed by atoms with Crippen LogP contribution in [0, 0.1) is 0 Å². The number of amides is 1. The number of hydrogen-bond acceptors (Lipinski definition) is 6. The molecule has 1 aromatic heterocycles. The molecule has 4 rings (SSSR count). The number of nitrogens with one attached hydrogen (secondary N) is 1. The number of sulfonamides is 1. The van der Waals surface area contributed by atoms with Gasteiger partial charge in [0.2, 0.25) is 10.0 Å². The van der Waals surface area contributed by atoms with Gasteiger partial charge in [0.1, 0.15) is 0 Å².